The lowest BCUT2D eigenvalue weighted by molar-refractivity contribution is -0.150. The molecule has 0 unspecified atom stereocenters. The quantitative estimate of drug-likeness (QED) is 0.129. The maximum atomic E-state index is 12.5. The lowest BCUT2D eigenvalue weighted by Gasteiger charge is -2.44. The molecular weight excluding hydrogens is 458 g/mol. The smallest absolute Gasteiger partial charge is 0.309 e. The average molecular weight is 514 g/mol. The first kappa shape index (κ1) is 31.6. The number of hydrogen-bond acceptors (Lipinski definition) is 3. The highest BCUT2D eigenvalue weighted by Gasteiger charge is 2.44. The molecule has 4 N–H and O–H groups in total. The molecule has 37 heavy (non-hydrogen) atoms. The Morgan fingerprint density at radius 1 is 0.973 bits per heavy atom. The molecule has 1 fully saturated rings. The van der Waals surface area contributed by atoms with Crippen molar-refractivity contribution in [2.75, 3.05) is 6.54 Å². The number of hydrogen-bond donors (Lipinski definition) is 3. The van der Waals surface area contributed by atoms with Gasteiger partial charge in [-0.15, -0.1) is 0 Å². The molecule has 1 aliphatic rings. The van der Waals surface area contributed by atoms with Crippen LogP contribution in [0, 0.1) is 17.8 Å². The second-order valence-corrected chi connectivity index (χ2v) is 11.6. The van der Waals surface area contributed by atoms with Gasteiger partial charge in [-0.1, -0.05) is 101 Å². The van der Waals surface area contributed by atoms with Crippen molar-refractivity contribution in [1.29, 1.82) is 0 Å². The fourth-order valence-corrected chi connectivity index (χ4v) is 6.80. The van der Waals surface area contributed by atoms with E-state index in [1.54, 1.807) is 6.92 Å². The highest BCUT2D eigenvalue weighted by atomic mass is 16.4. The maximum absolute atomic E-state index is 12.5. The van der Waals surface area contributed by atoms with Crippen molar-refractivity contribution >= 4 is 5.97 Å². The van der Waals surface area contributed by atoms with Gasteiger partial charge in [0.05, 0.1) is 12.0 Å². The molecule has 210 valence electrons. The molecule has 0 saturated heterocycles. The predicted molar refractivity (Wildman–Crippen MR) is 156 cm³/mol. The van der Waals surface area contributed by atoms with Gasteiger partial charge in [0.15, 0.2) is 0 Å². The standard InChI is InChI=1S/C33H55NO3/c1-3-4-5-6-7-8-9-10-11-14-19-28(22-25-34)30(31(27(2)35)32(36)37)26-33(23-17-13-18-24-33)29-20-15-12-16-21-29/h8-9,12,15-16,20-21,27-28,30-31,35H,3-7,10-11,13-14,17-19,22-26,34H2,1-2H3,(H,36,37)/t27-,28+,30-,31+/m0/s1. The average Bonchev–Trinajstić information content (AvgIpc) is 2.89. The Morgan fingerprint density at radius 3 is 2.19 bits per heavy atom. The first-order valence-electron chi connectivity index (χ1n) is 15.3. The lowest BCUT2D eigenvalue weighted by atomic mass is 9.60. The van der Waals surface area contributed by atoms with Crippen LogP contribution in [0.4, 0.5) is 0 Å². The highest BCUT2D eigenvalue weighted by Crippen LogP contribution is 2.48. The first-order chi connectivity index (χ1) is 17.9. The summed E-state index contributed by atoms with van der Waals surface area (Å²) in [4.78, 5) is 12.5. The number of rotatable bonds is 19. The zero-order valence-electron chi connectivity index (χ0n) is 23.8. The van der Waals surface area contributed by atoms with Gasteiger partial charge >= 0.3 is 5.97 Å². The zero-order valence-corrected chi connectivity index (χ0v) is 23.8. The van der Waals surface area contributed by atoms with Crippen molar-refractivity contribution < 1.29 is 15.0 Å². The topological polar surface area (TPSA) is 83.6 Å². The van der Waals surface area contributed by atoms with Gasteiger partial charge in [-0.2, -0.15) is 0 Å². The molecular formula is C33H55NO3. The lowest BCUT2D eigenvalue weighted by Crippen LogP contribution is -2.42. The van der Waals surface area contributed by atoms with Crippen molar-refractivity contribution in [2.24, 2.45) is 23.5 Å². The summed E-state index contributed by atoms with van der Waals surface area (Å²) in [5.41, 5.74) is 7.42. The SMILES string of the molecule is CCCCCCC=CCCCC[C@H](CCN)[C@H](CC1(c2ccccc2)CCCCC1)[C@H](C(=O)O)[C@H](C)O. The molecule has 1 aromatic carbocycles. The number of aliphatic carboxylic acids is 1. The van der Waals surface area contributed by atoms with Gasteiger partial charge in [0.25, 0.3) is 0 Å². The fraction of sp³-hybridized carbons (Fsp3) is 0.727. The first-order valence-corrected chi connectivity index (χ1v) is 15.3. The molecule has 0 aromatic heterocycles. The minimum atomic E-state index is -0.880. The van der Waals surface area contributed by atoms with Crippen LogP contribution >= 0.6 is 0 Å². The third-order valence-corrected chi connectivity index (χ3v) is 8.82. The number of nitrogens with two attached hydrogens (primary N) is 1. The Labute approximate surface area is 227 Å². The molecule has 0 spiro atoms. The van der Waals surface area contributed by atoms with E-state index in [0.29, 0.717) is 6.54 Å². The van der Waals surface area contributed by atoms with Gasteiger partial charge in [-0.05, 0) is 87.6 Å². The van der Waals surface area contributed by atoms with Crippen LogP contribution in [-0.2, 0) is 10.2 Å². The summed E-state index contributed by atoms with van der Waals surface area (Å²) < 4.78 is 0. The molecule has 4 heteroatoms. The summed E-state index contributed by atoms with van der Waals surface area (Å²) in [6.45, 7) is 4.46. The van der Waals surface area contributed by atoms with Crippen molar-refractivity contribution in [3.05, 3.63) is 48.0 Å². The number of carbonyl (C=O) groups is 1. The van der Waals surface area contributed by atoms with E-state index in [9.17, 15) is 15.0 Å². The van der Waals surface area contributed by atoms with Crippen LogP contribution in [0.1, 0.15) is 122 Å². The van der Waals surface area contributed by atoms with Crippen LogP contribution in [0.25, 0.3) is 0 Å². The van der Waals surface area contributed by atoms with Gasteiger partial charge in [0, 0.05) is 0 Å². The van der Waals surface area contributed by atoms with E-state index < -0.39 is 18.0 Å². The van der Waals surface area contributed by atoms with Crippen LogP contribution in [0.2, 0.25) is 0 Å². The molecule has 0 radical (unpaired) electrons. The Balaban J connectivity index is 2.15. The molecule has 2 rings (SSSR count). The van der Waals surface area contributed by atoms with Gasteiger partial charge in [0.2, 0.25) is 0 Å². The van der Waals surface area contributed by atoms with E-state index in [1.165, 1.54) is 56.9 Å². The van der Waals surface area contributed by atoms with Crippen molar-refractivity contribution in [1.82, 2.24) is 0 Å². The molecule has 0 bridgehead atoms. The number of aliphatic hydroxyl groups is 1. The molecule has 4 nitrogen and oxygen atoms in total. The van der Waals surface area contributed by atoms with Crippen LogP contribution in [0.5, 0.6) is 0 Å². The molecule has 0 heterocycles. The Kier molecular flexibility index (Phi) is 15.2. The van der Waals surface area contributed by atoms with Crippen molar-refractivity contribution in [2.45, 2.75) is 128 Å². The molecule has 4 atom stereocenters. The summed E-state index contributed by atoms with van der Waals surface area (Å²) in [5, 5.41) is 20.9. The van der Waals surface area contributed by atoms with Gasteiger partial charge in [0.1, 0.15) is 0 Å². The number of carboxylic acid groups (broad SMARTS) is 1. The number of benzene rings is 1. The number of unbranched alkanes of at least 4 members (excludes halogenated alkanes) is 6. The Bertz CT molecular complexity index is 754. The second kappa shape index (κ2) is 17.8. The summed E-state index contributed by atoms with van der Waals surface area (Å²) in [6, 6.07) is 10.7. The highest BCUT2D eigenvalue weighted by molar-refractivity contribution is 5.71. The molecule has 0 aliphatic heterocycles. The summed E-state index contributed by atoms with van der Waals surface area (Å²) >= 11 is 0. The van der Waals surface area contributed by atoms with Crippen LogP contribution in [0.3, 0.4) is 0 Å². The minimum absolute atomic E-state index is 0.0138. The van der Waals surface area contributed by atoms with Crippen LogP contribution in [-0.4, -0.2) is 28.8 Å². The van der Waals surface area contributed by atoms with Crippen LogP contribution < -0.4 is 5.73 Å². The third kappa shape index (κ3) is 10.6. The van der Waals surface area contributed by atoms with Crippen molar-refractivity contribution in [3.8, 4) is 0 Å². The molecule has 0 amide bonds. The normalized spacial score (nSPS) is 18.9. The summed E-state index contributed by atoms with van der Waals surface area (Å²) in [5.74, 6) is -1.51. The summed E-state index contributed by atoms with van der Waals surface area (Å²) in [7, 11) is 0. The van der Waals surface area contributed by atoms with Gasteiger partial charge in [-0.25, -0.2) is 0 Å². The Morgan fingerprint density at radius 2 is 1.62 bits per heavy atom. The van der Waals surface area contributed by atoms with E-state index in [1.807, 2.05) is 0 Å². The molecule has 1 saturated carbocycles. The van der Waals surface area contributed by atoms with E-state index in [2.05, 4.69) is 49.4 Å². The largest absolute Gasteiger partial charge is 0.481 e. The summed E-state index contributed by atoms with van der Waals surface area (Å²) in [6.07, 6.45) is 21.9. The number of aliphatic hydroxyl groups excluding tert-OH is 1. The van der Waals surface area contributed by atoms with E-state index in [0.717, 1.165) is 51.4 Å². The predicted octanol–water partition coefficient (Wildman–Crippen LogP) is 8.03. The van der Waals surface area contributed by atoms with E-state index in [4.69, 9.17) is 5.73 Å². The third-order valence-electron chi connectivity index (χ3n) is 8.82. The molecule has 1 aliphatic carbocycles. The second-order valence-electron chi connectivity index (χ2n) is 11.6. The van der Waals surface area contributed by atoms with E-state index in [-0.39, 0.29) is 17.3 Å². The number of allylic oxidation sites excluding steroid dienone is 2. The van der Waals surface area contributed by atoms with Gasteiger partial charge in [-0.3, -0.25) is 4.79 Å². The maximum Gasteiger partial charge on any atom is 0.309 e. The fourth-order valence-electron chi connectivity index (χ4n) is 6.80. The van der Waals surface area contributed by atoms with Crippen LogP contribution in [0.15, 0.2) is 42.5 Å². The monoisotopic (exact) mass is 513 g/mol. The van der Waals surface area contributed by atoms with E-state index >= 15 is 0 Å². The zero-order chi connectivity index (χ0) is 26.9. The number of carboxylic acids is 1. The minimum Gasteiger partial charge on any atom is -0.481 e. The molecule has 1 aromatic rings. The van der Waals surface area contributed by atoms with Crippen molar-refractivity contribution in [3.63, 3.8) is 0 Å². The Hall–Kier alpha value is -1.65. The van der Waals surface area contributed by atoms with Gasteiger partial charge < -0.3 is 15.9 Å².